The Balaban J connectivity index is 2.20. The van der Waals surface area contributed by atoms with Crippen molar-refractivity contribution >= 4 is 5.84 Å². The van der Waals surface area contributed by atoms with Crippen molar-refractivity contribution in [3.8, 4) is 5.75 Å². The van der Waals surface area contributed by atoms with Crippen LogP contribution in [0.15, 0.2) is 23.4 Å². The zero-order chi connectivity index (χ0) is 14.5. The number of oxime groups is 1. The molecule has 6 nitrogen and oxygen atoms in total. The second-order valence-electron chi connectivity index (χ2n) is 4.91. The average molecular weight is 279 g/mol. The lowest BCUT2D eigenvalue weighted by molar-refractivity contribution is -0.00437. The highest BCUT2D eigenvalue weighted by molar-refractivity contribution is 5.99. The Morgan fingerprint density at radius 2 is 2.40 bits per heavy atom. The fourth-order valence-corrected chi connectivity index (χ4v) is 2.34. The maximum atomic E-state index is 8.84. The molecule has 1 aliphatic rings. The summed E-state index contributed by atoms with van der Waals surface area (Å²) in [7, 11) is 1.56. The summed E-state index contributed by atoms with van der Waals surface area (Å²) in [6.45, 7) is 5.37. The maximum Gasteiger partial charge on any atom is 0.173 e. The van der Waals surface area contributed by atoms with Crippen molar-refractivity contribution in [1.82, 2.24) is 4.90 Å². The van der Waals surface area contributed by atoms with Gasteiger partial charge in [0.05, 0.1) is 25.9 Å². The van der Waals surface area contributed by atoms with Crippen LogP contribution >= 0.6 is 0 Å². The van der Waals surface area contributed by atoms with Gasteiger partial charge in [-0.15, -0.1) is 0 Å². The normalized spacial score (nSPS) is 20.9. The number of benzene rings is 1. The number of hydrogen-bond donors (Lipinski definition) is 2. The molecule has 0 aliphatic carbocycles. The van der Waals surface area contributed by atoms with E-state index in [4.69, 9.17) is 20.4 Å². The molecule has 2 rings (SSSR count). The van der Waals surface area contributed by atoms with Gasteiger partial charge in [0, 0.05) is 19.1 Å². The first kappa shape index (κ1) is 14.6. The number of rotatable bonds is 4. The second-order valence-corrected chi connectivity index (χ2v) is 4.91. The lowest BCUT2D eigenvalue weighted by Gasteiger charge is -2.33. The SMILES string of the molecule is COc1ccc(CN2CCOCC2C)cc1C(N)=NO. The van der Waals surface area contributed by atoms with Gasteiger partial charge in [0.1, 0.15) is 5.75 Å². The molecule has 110 valence electrons. The fraction of sp³-hybridized carbons (Fsp3) is 0.500. The zero-order valence-corrected chi connectivity index (χ0v) is 11.9. The Hall–Kier alpha value is -1.79. The van der Waals surface area contributed by atoms with E-state index in [1.54, 1.807) is 7.11 Å². The monoisotopic (exact) mass is 279 g/mol. The standard InChI is InChI=1S/C14H21N3O3/c1-10-9-20-6-5-17(10)8-11-3-4-13(19-2)12(7-11)14(15)16-18/h3-4,7,10,18H,5-6,8-9H2,1-2H3,(H2,15,16). The van der Waals surface area contributed by atoms with Gasteiger partial charge in [0.2, 0.25) is 0 Å². The maximum absolute atomic E-state index is 8.84. The molecule has 0 spiro atoms. The van der Waals surface area contributed by atoms with E-state index in [0.29, 0.717) is 17.4 Å². The van der Waals surface area contributed by atoms with E-state index in [1.807, 2.05) is 18.2 Å². The number of methoxy groups -OCH3 is 1. The highest BCUT2D eigenvalue weighted by Gasteiger charge is 2.19. The summed E-state index contributed by atoms with van der Waals surface area (Å²) in [4.78, 5) is 2.35. The van der Waals surface area contributed by atoms with Gasteiger partial charge in [-0.3, -0.25) is 4.90 Å². The van der Waals surface area contributed by atoms with Crippen LogP contribution < -0.4 is 10.5 Å². The molecule has 1 aromatic carbocycles. The first-order valence-electron chi connectivity index (χ1n) is 6.62. The first-order chi connectivity index (χ1) is 9.65. The molecule has 0 saturated carbocycles. The molecule has 1 aromatic rings. The van der Waals surface area contributed by atoms with Crippen LogP contribution in [-0.2, 0) is 11.3 Å². The van der Waals surface area contributed by atoms with Gasteiger partial charge in [0.15, 0.2) is 5.84 Å². The molecule has 0 radical (unpaired) electrons. The predicted molar refractivity (Wildman–Crippen MR) is 76.2 cm³/mol. The van der Waals surface area contributed by atoms with Gasteiger partial charge in [-0.05, 0) is 24.6 Å². The molecular formula is C14H21N3O3. The molecule has 3 N–H and O–H groups in total. The van der Waals surface area contributed by atoms with E-state index < -0.39 is 0 Å². The van der Waals surface area contributed by atoms with Gasteiger partial charge in [-0.25, -0.2) is 0 Å². The van der Waals surface area contributed by atoms with Crippen molar-refractivity contribution in [2.75, 3.05) is 26.9 Å². The Bertz CT molecular complexity index is 491. The van der Waals surface area contributed by atoms with Gasteiger partial charge >= 0.3 is 0 Å². The molecule has 1 atom stereocenters. The first-order valence-corrected chi connectivity index (χ1v) is 6.62. The van der Waals surface area contributed by atoms with Crippen molar-refractivity contribution < 1.29 is 14.7 Å². The van der Waals surface area contributed by atoms with E-state index in [2.05, 4.69) is 17.0 Å². The van der Waals surface area contributed by atoms with Crippen LogP contribution in [0.3, 0.4) is 0 Å². The van der Waals surface area contributed by atoms with E-state index >= 15 is 0 Å². The van der Waals surface area contributed by atoms with E-state index in [9.17, 15) is 0 Å². The van der Waals surface area contributed by atoms with Gasteiger partial charge < -0.3 is 20.4 Å². The summed E-state index contributed by atoms with van der Waals surface area (Å²) in [5, 5.41) is 11.9. The number of amidine groups is 1. The number of hydrogen-bond acceptors (Lipinski definition) is 5. The van der Waals surface area contributed by atoms with E-state index in [0.717, 1.165) is 31.9 Å². The molecule has 1 unspecified atom stereocenters. The summed E-state index contributed by atoms with van der Waals surface area (Å²) < 4.78 is 10.7. The molecule has 0 bridgehead atoms. The third-order valence-corrected chi connectivity index (χ3v) is 3.54. The van der Waals surface area contributed by atoms with Crippen LogP contribution in [0.4, 0.5) is 0 Å². The summed E-state index contributed by atoms with van der Waals surface area (Å²) in [6, 6.07) is 6.12. The molecule has 6 heteroatoms. The third kappa shape index (κ3) is 3.20. The van der Waals surface area contributed by atoms with Crippen molar-refractivity contribution in [3.05, 3.63) is 29.3 Å². The molecule has 1 heterocycles. The van der Waals surface area contributed by atoms with Gasteiger partial charge in [0.25, 0.3) is 0 Å². The van der Waals surface area contributed by atoms with Crippen LogP contribution in [0.2, 0.25) is 0 Å². The van der Waals surface area contributed by atoms with Crippen molar-refractivity contribution in [2.45, 2.75) is 19.5 Å². The van der Waals surface area contributed by atoms with Crippen LogP contribution in [-0.4, -0.2) is 48.9 Å². The van der Waals surface area contributed by atoms with Crippen LogP contribution in [0.5, 0.6) is 5.75 Å². The Labute approximate surface area is 118 Å². The van der Waals surface area contributed by atoms with Crippen LogP contribution in [0.1, 0.15) is 18.1 Å². The fourth-order valence-electron chi connectivity index (χ4n) is 2.34. The number of nitrogens with zero attached hydrogens (tertiary/aromatic N) is 2. The Morgan fingerprint density at radius 1 is 1.60 bits per heavy atom. The molecule has 1 saturated heterocycles. The highest BCUT2D eigenvalue weighted by Crippen LogP contribution is 2.21. The molecular weight excluding hydrogens is 258 g/mol. The average Bonchev–Trinajstić information content (AvgIpc) is 2.48. The van der Waals surface area contributed by atoms with Crippen molar-refractivity contribution in [1.29, 1.82) is 0 Å². The second kappa shape index (κ2) is 6.58. The lowest BCUT2D eigenvalue weighted by atomic mass is 10.1. The Morgan fingerprint density at radius 3 is 3.05 bits per heavy atom. The molecule has 20 heavy (non-hydrogen) atoms. The minimum Gasteiger partial charge on any atom is -0.496 e. The predicted octanol–water partition coefficient (Wildman–Crippen LogP) is 1.01. The molecule has 1 fully saturated rings. The van der Waals surface area contributed by atoms with Crippen LogP contribution in [0, 0.1) is 0 Å². The van der Waals surface area contributed by atoms with Gasteiger partial charge in [-0.1, -0.05) is 11.2 Å². The number of morpholine rings is 1. The molecule has 0 aromatic heterocycles. The van der Waals surface area contributed by atoms with E-state index in [-0.39, 0.29) is 5.84 Å². The minimum absolute atomic E-state index is 0.0544. The van der Waals surface area contributed by atoms with Gasteiger partial charge in [-0.2, -0.15) is 0 Å². The number of nitrogens with two attached hydrogens (primary N) is 1. The highest BCUT2D eigenvalue weighted by atomic mass is 16.5. The molecule has 0 amide bonds. The third-order valence-electron chi connectivity index (χ3n) is 3.54. The minimum atomic E-state index is 0.0544. The van der Waals surface area contributed by atoms with Crippen LogP contribution in [0.25, 0.3) is 0 Å². The summed E-state index contributed by atoms with van der Waals surface area (Å²) in [5.41, 5.74) is 7.39. The summed E-state index contributed by atoms with van der Waals surface area (Å²) in [6.07, 6.45) is 0. The van der Waals surface area contributed by atoms with Crippen molar-refractivity contribution in [3.63, 3.8) is 0 Å². The topological polar surface area (TPSA) is 80.3 Å². The molecule has 1 aliphatic heterocycles. The zero-order valence-electron chi connectivity index (χ0n) is 11.9. The Kier molecular flexibility index (Phi) is 4.81. The quantitative estimate of drug-likeness (QED) is 0.372. The largest absolute Gasteiger partial charge is 0.496 e. The summed E-state index contributed by atoms with van der Waals surface area (Å²) in [5.74, 6) is 0.651. The summed E-state index contributed by atoms with van der Waals surface area (Å²) >= 11 is 0. The van der Waals surface area contributed by atoms with Crippen molar-refractivity contribution in [2.24, 2.45) is 10.9 Å². The number of ether oxygens (including phenoxy) is 2. The smallest absolute Gasteiger partial charge is 0.173 e. The van der Waals surface area contributed by atoms with E-state index in [1.165, 1.54) is 0 Å². The lowest BCUT2D eigenvalue weighted by Crippen LogP contribution is -2.42.